The average Bonchev–Trinajstić information content (AvgIpc) is 3.46. The normalized spacial score (nSPS) is 11.6. The molecule has 0 aliphatic heterocycles. The van der Waals surface area contributed by atoms with E-state index in [0.717, 1.165) is 73.1 Å². The van der Waals surface area contributed by atoms with Crippen LogP contribution in [0.15, 0.2) is 170 Å². The maximum absolute atomic E-state index is 14.0. The molecule has 0 spiro atoms. The largest absolute Gasteiger partial charge is 0.416 e. The zero-order chi connectivity index (χ0) is 35.1. The van der Waals surface area contributed by atoms with Crippen molar-refractivity contribution >= 4 is 55.9 Å². The van der Waals surface area contributed by atoms with Crippen LogP contribution in [0.4, 0.5) is 47.3 Å². The van der Waals surface area contributed by atoms with Crippen molar-refractivity contribution < 1.29 is 13.2 Å². The van der Waals surface area contributed by atoms with Crippen LogP contribution in [0, 0.1) is 13.8 Å². The smallest absolute Gasteiger partial charge is 0.310 e. The van der Waals surface area contributed by atoms with Crippen LogP contribution in [-0.2, 0) is 6.18 Å². The third-order valence-electron chi connectivity index (χ3n) is 9.23. The molecule has 0 aliphatic rings. The van der Waals surface area contributed by atoms with Crippen molar-refractivity contribution in [3.63, 3.8) is 0 Å². The molecule has 250 valence electrons. The Hall–Kier alpha value is -6.27. The van der Waals surface area contributed by atoms with Crippen molar-refractivity contribution in [2.45, 2.75) is 20.0 Å². The van der Waals surface area contributed by atoms with Crippen molar-refractivity contribution in [2.75, 3.05) is 9.80 Å². The molecule has 8 aromatic rings. The Morgan fingerprint density at radius 1 is 0.412 bits per heavy atom. The van der Waals surface area contributed by atoms with Crippen LogP contribution in [0.1, 0.15) is 16.7 Å². The molecule has 0 saturated heterocycles. The number of hydrogen-bond donors (Lipinski definition) is 0. The maximum Gasteiger partial charge on any atom is 0.416 e. The van der Waals surface area contributed by atoms with Crippen molar-refractivity contribution in [2.24, 2.45) is 0 Å². The van der Waals surface area contributed by atoms with E-state index < -0.39 is 11.7 Å². The van der Waals surface area contributed by atoms with E-state index in [2.05, 4.69) is 114 Å². The third-order valence-corrected chi connectivity index (χ3v) is 9.23. The molecule has 3 nitrogen and oxygen atoms in total. The van der Waals surface area contributed by atoms with E-state index in [0.29, 0.717) is 5.69 Å². The second-order valence-electron chi connectivity index (χ2n) is 12.8. The number of alkyl halides is 3. The number of fused-ring (bicyclic) bond motifs is 3. The summed E-state index contributed by atoms with van der Waals surface area (Å²) in [5, 5.41) is 2.01. The molecule has 7 aromatic carbocycles. The summed E-state index contributed by atoms with van der Waals surface area (Å²) in [4.78, 5) is 4.14. The van der Waals surface area contributed by atoms with Gasteiger partial charge in [-0.05, 0) is 128 Å². The van der Waals surface area contributed by atoms with Gasteiger partial charge in [-0.2, -0.15) is 13.2 Å². The van der Waals surface area contributed by atoms with Gasteiger partial charge in [-0.1, -0.05) is 66.7 Å². The topological polar surface area (TPSA) is 11.4 Å². The van der Waals surface area contributed by atoms with Crippen LogP contribution < -0.4 is 9.80 Å². The molecule has 0 bridgehead atoms. The molecule has 0 N–H and O–H groups in total. The van der Waals surface area contributed by atoms with Crippen molar-refractivity contribution in [1.82, 2.24) is 4.57 Å². The molecule has 0 fully saturated rings. The second kappa shape index (κ2) is 12.9. The molecule has 0 unspecified atom stereocenters. The number of aromatic nitrogens is 1. The number of hydrogen-bond acceptors (Lipinski definition) is 2. The Labute approximate surface area is 295 Å². The molecule has 1 aromatic heterocycles. The minimum atomic E-state index is -4.47. The summed E-state index contributed by atoms with van der Waals surface area (Å²) in [5.74, 6) is 0. The van der Waals surface area contributed by atoms with E-state index >= 15 is 0 Å². The van der Waals surface area contributed by atoms with Gasteiger partial charge in [0.15, 0.2) is 0 Å². The van der Waals surface area contributed by atoms with Crippen molar-refractivity contribution in [1.29, 1.82) is 0 Å². The standard InChI is InChI=1S/C45H34F3N3/c1-31-12-9-19-36(26-31)49(34-15-5-3-6-16-34)39-22-24-43-41(29-39)42-30-40(23-25-44(42)51(43)37-20-10-13-32(2)27-37)50(35-17-7-4-8-18-35)38-21-11-14-33(28-38)45(46,47)48/h3-30H,1-2H3. The summed E-state index contributed by atoms with van der Waals surface area (Å²) < 4.78 is 44.1. The summed E-state index contributed by atoms with van der Waals surface area (Å²) in [6.07, 6.45) is -4.47. The summed E-state index contributed by atoms with van der Waals surface area (Å²) in [5.41, 5.74) is 9.67. The lowest BCUT2D eigenvalue weighted by Gasteiger charge is -2.26. The minimum Gasteiger partial charge on any atom is -0.310 e. The molecule has 6 heteroatoms. The Bertz CT molecular complexity index is 2500. The molecular weight excluding hydrogens is 640 g/mol. The van der Waals surface area contributed by atoms with Gasteiger partial charge < -0.3 is 14.4 Å². The highest BCUT2D eigenvalue weighted by Crippen LogP contribution is 2.43. The maximum atomic E-state index is 14.0. The van der Waals surface area contributed by atoms with Gasteiger partial charge >= 0.3 is 6.18 Å². The van der Waals surface area contributed by atoms with Crippen LogP contribution in [0.2, 0.25) is 0 Å². The minimum absolute atomic E-state index is 0.424. The number of aryl methyl sites for hydroxylation is 2. The first kappa shape index (κ1) is 32.0. The predicted molar refractivity (Wildman–Crippen MR) is 205 cm³/mol. The van der Waals surface area contributed by atoms with Gasteiger partial charge in [0.2, 0.25) is 0 Å². The number of halogens is 3. The first-order valence-corrected chi connectivity index (χ1v) is 16.8. The van der Waals surface area contributed by atoms with Crippen molar-refractivity contribution in [3.05, 3.63) is 187 Å². The number of nitrogens with zero attached hydrogens (tertiary/aromatic N) is 3. The monoisotopic (exact) mass is 673 g/mol. The van der Waals surface area contributed by atoms with Gasteiger partial charge in [0.1, 0.15) is 0 Å². The number of rotatable bonds is 7. The van der Waals surface area contributed by atoms with Gasteiger partial charge in [-0.25, -0.2) is 0 Å². The zero-order valence-corrected chi connectivity index (χ0v) is 28.1. The van der Waals surface area contributed by atoms with Gasteiger partial charge in [0, 0.05) is 50.6 Å². The molecule has 51 heavy (non-hydrogen) atoms. The van der Waals surface area contributed by atoms with Crippen LogP contribution in [-0.4, -0.2) is 4.57 Å². The van der Waals surface area contributed by atoms with Crippen LogP contribution in [0.25, 0.3) is 27.5 Å². The molecule has 0 aliphatic carbocycles. The molecule has 0 saturated carbocycles. The van der Waals surface area contributed by atoms with E-state index in [1.807, 2.05) is 59.5 Å². The summed E-state index contributed by atoms with van der Waals surface area (Å²) in [6, 6.07) is 54.9. The fourth-order valence-corrected chi connectivity index (χ4v) is 6.96. The highest BCUT2D eigenvalue weighted by Gasteiger charge is 2.31. The SMILES string of the molecule is Cc1cccc(N(c2ccccc2)c2ccc3c(c2)c2cc(N(c4ccccc4)c4cccc(C(F)(F)F)c4)ccc2n3-c2cccc(C)c2)c1. The Morgan fingerprint density at radius 3 is 1.37 bits per heavy atom. The third kappa shape index (κ3) is 6.10. The molecule has 1 heterocycles. The van der Waals surface area contributed by atoms with E-state index in [4.69, 9.17) is 0 Å². The van der Waals surface area contributed by atoms with E-state index in [9.17, 15) is 13.2 Å². The first-order chi connectivity index (χ1) is 24.7. The predicted octanol–water partition coefficient (Wildman–Crippen LogP) is 13.4. The van der Waals surface area contributed by atoms with Crippen LogP contribution in [0.5, 0.6) is 0 Å². The summed E-state index contributed by atoms with van der Waals surface area (Å²) >= 11 is 0. The highest BCUT2D eigenvalue weighted by atomic mass is 19.4. The molecular formula is C45H34F3N3. The Kier molecular flexibility index (Phi) is 8.07. The van der Waals surface area contributed by atoms with Gasteiger partial charge in [0.05, 0.1) is 16.6 Å². The van der Waals surface area contributed by atoms with Gasteiger partial charge in [0.25, 0.3) is 0 Å². The summed E-state index contributed by atoms with van der Waals surface area (Å²) in [7, 11) is 0. The lowest BCUT2D eigenvalue weighted by molar-refractivity contribution is -0.137. The average molecular weight is 674 g/mol. The van der Waals surface area contributed by atoms with Gasteiger partial charge in [-0.3, -0.25) is 0 Å². The zero-order valence-electron chi connectivity index (χ0n) is 28.1. The Balaban J connectivity index is 1.39. The molecule has 0 radical (unpaired) electrons. The lowest BCUT2D eigenvalue weighted by Crippen LogP contribution is -2.12. The molecule has 0 amide bonds. The number of para-hydroxylation sites is 2. The van der Waals surface area contributed by atoms with Crippen LogP contribution in [0.3, 0.4) is 0 Å². The van der Waals surface area contributed by atoms with Crippen LogP contribution >= 0.6 is 0 Å². The highest BCUT2D eigenvalue weighted by molar-refractivity contribution is 6.12. The first-order valence-electron chi connectivity index (χ1n) is 16.8. The fourth-order valence-electron chi connectivity index (χ4n) is 6.96. The second-order valence-corrected chi connectivity index (χ2v) is 12.8. The molecule has 0 atom stereocenters. The summed E-state index contributed by atoms with van der Waals surface area (Å²) in [6.45, 7) is 4.18. The number of anilines is 6. The quantitative estimate of drug-likeness (QED) is 0.167. The van der Waals surface area contributed by atoms with Crippen molar-refractivity contribution in [3.8, 4) is 5.69 Å². The number of benzene rings is 7. The Morgan fingerprint density at radius 2 is 0.863 bits per heavy atom. The van der Waals surface area contributed by atoms with E-state index in [1.54, 1.807) is 6.07 Å². The van der Waals surface area contributed by atoms with E-state index in [1.165, 1.54) is 12.1 Å². The molecule has 8 rings (SSSR count). The van der Waals surface area contributed by atoms with Gasteiger partial charge in [-0.15, -0.1) is 0 Å². The van der Waals surface area contributed by atoms with E-state index in [-0.39, 0.29) is 0 Å². The fraction of sp³-hybridized carbons (Fsp3) is 0.0667. The lowest BCUT2D eigenvalue weighted by atomic mass is 10.1.